The Kier molecular flexibility index (Phi) is 5.10. The fraction of sp³-hybridized carbons (Fsp3) is 0.357. The van der Waals surface area contributed by atoms with Crippen LogP contribution in [0.25, 0.3) is 0 Å². The molecule has 3 nitrogen and oxygen atoms in total. The summed E-state index contributed by atoms with van der Waals surface area (Å²) in [7, 11) is 0. The lowest BCUT2D eigenvalue weighted by Crippen LogP contribution is -1.99. The average molecular weight is 294 g/mol. The van der Waals surface area contributed by atoms with E-state index < -0.39 is 0 Å². The standard InChI is InChI=1S/C14H18N2OS2/c1-10-6-11(2)8-12(7-10)17-4-3-5-18-13-9-16-14(15)19-13/h6-9H,3-5H2,1-2H3,(H2,15,16). The van der Waals surface area contributed by atoms with Crippen molar-refractivity contribution < 1.29 is 4.74 Å². The van der Waals surface area contributed by atoms with Crippen molar-refractivity contribution in [3.8, 4) is 5.75 Å². The van der Waals surface area contributed by atoms with E-state index in [0.29, 0.717) is 5.13 Å². The molecule has 1 heterocycles. The fourth-order valence-corrected chi connectivity index (χ4v) is 3.53. The van der Waals surface area contributed by atoms with Crippen LogP contribution in [0.1, 0.15) is 17.5 Å². The molecule has 0 aliphatic rings. The minimum atomic E-state index is 0.633. The maximum atomic E-state index is 5.76. The van der Waals surface area contributed by atoms with E-state index in [1.165, 1.54) is 26.7 Å². The number of benzene rings is 1. The van der Waals surface area contributed by atoms with Gasteiger partial charge < -0.3 is 10.5 Å². The smallest absolute Gasteiger partial charge is 0.181 e. The molecular weight excluding hydrogens is 276 g/mol. The highest BCUT2D eigenvalue weighted by atomic mass is 32.2. The molecular formula is C14H18N2OS2. The van der Waals surface area contributed by atoms with Gasteiger partial charge in [0.25, 0.3) is 0 Å². The molecule has 0 radical (unpaired) electrons. The summed E-state index contributed by atoms with van der Waals surface area (Å²) in [5.41, 5.74) is 8.06. The molecule has 0 aliphatic heterocycles. The van der Waals surface area contributed by atoms with Crippen molar-refractivity contribution in [2.75, 3.05) is 18.1 Å². The largest absolute Gasteiger partial charge is 0.494 e. The Hall–Kier alpha value is -1.20. The second kappa shape index (κ2) is 6.82. The summed E-state index contributed by atoms with van der Waals surface area (Å²) < 4.78 is 6.93. The van der Waals surface area contributed by atoms with Gasteiger partial charge in [-0.15, -0.1) is 11.8 Å². The molecule has 0 saturated carbocycles. The third kappa shape index (κ3) is 4.76. The molecule has 0 atom stereocenters. The number of hydrogen-bond donors (Lipinski definition) is 1. The Balaban J connectivity index is 1.69. The third-order valence-electron chi connectivity index (χ3n) is 2.50. The van der Waals surface area contributed by atoms with Gasteiger partial charge in [0.2, 0.25) is 0 Å². The second-order valence-corrected chi connectivity index (χ2v) is 6.85. The highest BCUT2D eigenvalue weighted by molar-refractivity contribution is 8.01. The molecule has 2 aromatic rings. The highest BCUT2D eigenvalue weighted by Gasteiger charge is 2.00. The zero-order chi connectivity index (χ0) is 13.7. The number of aryl methyl sites for hydroxylation is 2. The first-order chi connectivity index (χ1) is 9.13. The summed E-state index contributed by atoms with van der Waals surface area (Å²) in [6.45, 7) is 4.91. The zero-order valence-electron chi connectivity index (χ0n) is 11.2. The molecule has 1 aromatic carbocycles. The molecule has 2 N–H and O–H groups in total. The van der Waals surface area contributed by atoms with Crippen molar-refractivity contribution in [1.82, 2.24) is 4.98 Å². The summed E-state index contributed by atoms with van der Waals surface area (Å²) >= 11 is 3.31. The molecule has 1 aromatic heterocycles. The fourth-order valence-electron chi connectivity index (χ4n) is 1.78. The van der Waals surface area contributed by atoms with Crippen molar-refractivity contribution in [3.05, 3.63) is 35.5 Å². The number of thiazole rings is 1. The zero-order valence-corrected chi connectivity index (χ0v) is 12.8. The number of anilines is 1. The summed E-state index contributed by atoms with van der Waals surface area (Å²) in [6, 6.07) is 6.30. The highest BCUT2D eigenvalue weighted by Crippen LogP contribution is 2.26. The van der Waals surface area contributed by atoms with E-state index in [9.17, 15) is 0 Å². The van der Waals surface area contributed by atoms with Crippen molar-refractivity contribution in [2.45, 2.75) is 24.5 Å². The topological polar surface area (TPSA) is 48.1 Å². The quantitative estimate of drug-likeness (QED) is 0.648. The molecule has 0 unspecified atom stereocenters. The van der Waals surface area contributed by atoms with E-state index in [1.54, 1.807) is 11.8 Å². The predicted molar refractivity (Wildman–Crippen MR) is 83.3 cm³/mol. The number of nitrogens with zero attached hydrogens (tertiary/aromatic N) is 1. The molecule has 0 fully saturated rings. The minimum absolute atomic E-state index is 0.633. The van der Waals surface area contributed by atoms with Gasteiger partial charge in [-0.05, 0) is 43.5 Å². The van der Waals surface area contributed by atoms with Gasteiger partial charge in [-0.2, -0.15) is 0 Å². The van der Waals surface area contributed by atoms with Crippen LogP contribution in [0.5, 0.6) is 5.75 Å². The van der Waals surface area contributed by atoms with Gasteiger partial charge >= 0.3 is 0 Å². The Bertz CT molecular complexity index is 520. The van der Waals surface area contributed by atoms with Crippen LogP contribution < -0.4 is 10.5 Å². The van der Waals surface area contributed by atoms with Crippen LogP contribution in [-0.2, 0) is 0 Å². The molecule has 0 amide bonds. The van der Waals surface area contributed by atoms with Gasteiger partial charge in [0.15, 0.2) is 5.13 Å². The Labute approximate surface area is 122 Å². The van der Waals surface area contributed by atoms with Crippen molar-refractivity contribution in [3.63, 3.8) is 0 Å². The van der Waals surface area contributed by atoms with Gasteiger partial charge in [-0.3, -0.25) is 0 Å². The van der Waals surface area contributed by atoms with Gasteiger partial charge in [0.1, 0.15) is 5.75 Å². The monoisotopic (exact) mass is 294 g/mol. The van der Waals surface area contributed by atoms with Crippen LogP contribution in [0.4, 0.5) is 5.13 Å². The van der Waals surface area contributed by atoms with E-state index in [4.69, 9.17) is 10.5 Å². The second-order valence-electron chi connectivity index (χ2n) is 4.39. The molecule has 19 heavy (non-hydrogen) atoms. The predicted octanol–water partition coefficient (Wildman–Crippen LogP) is 3.90. The summed E-state index contributed by atoms with van der Waals surface area (Å²) in [6.07, 6.45) is 2.84. The number of ether oxygens (including phenoxy) is 1. The normalized spacial score (nSPS) is 10.6. The summed E-state index contributed by atoms with van der Waals surface area (Å²) in [5, 5.41) is 0.633. The van der Waals surface area contributed by atoms with Crippen LogP contribution >= 0.6 is 23.1 Å². The number of rotatable bonds is 6. The number of thioether (sulfide) groups is 1. The molecule has 102 valence electrons. The number of nitrogen functional groups attached to an aromatic ring is 1. The Morgan fingerprint density at radius 2 is 2.00 bits per heavy atom. The molecule has 5 heteroatoms. The first kappa shape index (κ1) is 14.2. The lowest BCUT2D eigenvalue weighted by Gasteiger charge is -2.07. The van der Waals surface area contributed by atoms with E-state index >= 15 is 0 Å². The lowest BCUT2D eigenvalue weighted by molar-refractivity contribution is 0.318. The van der Waals surface area contributed by atoms with Crippen molar-refractivity contribution in [2.24, 2.45) is 0 Å². The van der Waals surface area contributed by atoms with Gasteiger partial charge in [0.05, 0.1) is 17.0 Å². The van der Waals surface area contributed by atoms with Crippen LogP contribution in [-0.4, -0.2) is 17.3 Å². The number of nitrogens with two attached hydrogens (primary N) is 1. The Morgan fingerprint density at radius 1 is 1.26 bits per heavy atom. The minimum Gasteiger partial charge on any atom is -0.494 e. The van der Waals surface area contributed by atoms with Crippen LogP contribution in [0.3, 0.4) is 0 Å². The summed E-state index contributed by atoms with van der Waals surface area (Å²) in [5.74, 6) is 1.98. The van der Waals surface area contributed by atoms with Crippen LogP contribution in [0.15, 0.2) is 28.6 Å². The SMILES string of the molecule is Cc1cc(C)cc(OCCCSc2cnc(N)s2)c1. The number of aromatic nitrogens is 1. The van der Waals surface area contributed by atoms with E-state index in [0.717, 1.165) is 24.5 Å². The maximum absolute atomic E-state index is 5.76. The third-order valence-corrected chi connectivity index (χ3v) is 4.61. The van der Waals surface area contributed by atoms with Gasteiger partial charge in [0, 0.05) is 5.75 Å². The molecule has 0 aliphatic carbocycles. The first-order valence-electron chi connectivity index (χ1n) is 6.19. The van der Waals surface area contributed by atoms with E-state index in [-0.39, 0.29) is 0 Å². The van der Waals surface area contributed by atoms with Gasteiger partial charge in [-0.25, -0.2) is 4.98 Å². The lowest BCUT2D eigenvalue weighted by atomic mass is 10.1. The van der Waals surface area contributed by atoms with E-state index in [2.05, 4.69) is 37.0 Å². The Morgan fingerprint density at radius 3 is 2.63 bits per heavy atom. The number of hydrogen-bond acceptors (Lipinski definition) is 5. The van der Waals surface area contributed by atoms with Gasteiger partial charge in [-0.1, -0.05) is 17.4 Å². The van der Waals surface area contributed by atoms with E-state index in [1.807, 2.05) is 6.20 Å². The van der Waals surface area contributed by atoms with Crippen LogP contribution in [0, 0.1) is 13.8 Å². The summed E-state index contributed by atoms with van der Waals surface area (Å²) in [4.78, 5) is 4.03. The van der Waals surface area contributed by atoms with Crippen LogP contribution in [0.2, 0.25) is 0 Å². The van der Waals surface area contributed by atoms with Crippen molar-refractivity contribution >= 4 is 28.2 Å². The average Bonchev–Trinajstić information content (AvgIpc) is 2.73. The molecule has 2 rings (SSSR count). The van der Waals surface area contributed by atoms with Crippen molar-refractivity contribution in [1.29, 1.82) is 0 Å². The molecule has 0 bridgehead atoms. The molecule has 0 spiro atoms. The molecule has 0 saturated heterocycles. The maximum Gasteiger partial charge on any atom is 0.181 e. The first-order valence-corrected chi connectivity index (χ1v) is 7.99.